The molecule has 0 saturated carbocycles. The molecule has 2 heterocycles. The summed E-state index contributed by atoms with van der Waals surface area (Å²) in [5, 5.41) is 1.49. The molecular formula is C14H16ClN3OS. The van der Waals surface area contributed by atoms with Gasteiger partial charge in [0, 0.05) is 34.2 Å². The molecule has 1 aliphatic heterocycles. The molecule has 106 valence electrons. The van der Waals surface area contributed by atoms with E-state index in [0.29, 0.717) is 28.7 Å². The number of nitrogens with zero attached hydrogens (tertiary/aromatic N) is 1. The van der Waals surface area contributed by atoms with Crippen LogP contribution in [0.5, 0.6) is 0 Å². The Hall–Kier alpha value is -1.30. The van der Waals surface area contributed by atoms with Crippen LogP contribution in [-0.4, -0.2) is 29.9 Å². The van der Waals surface area contributed by atoms with Crippen LogP contribution in [-0.2, 0) is 0 Å². The number of likely N-dealkylation sites (tertiary alicyclic amines) is 1. The molecule has 4 nitrogen and oxygen atoms in total. The fourth-order valence-corrected chi connectivity index (χ4v) is 3.74. The van der Waals surface area contributed by atoms with Crippen molar-refractivity contribution < 1.29 is 4.79 Å². The van der Waals surface area contributed by atoms with Crippen LogP contribution in [0.1, 0.15) is 22.5 Å². The molecule has 1 saturated heterocycles. The fraction of sp³-hybridized carbons (Fsp3) is 0.357. The van der Waals surface area contributed by atoms with Crippen molar-refractivity contribution in [2.45, 2.75) is 18.9 Å². The van der Waals surface area contributed by atoms with Crippen molar-refractivity contribution in [2.75, 3.05) is 18.8 Å². The predicted molar refractivity (Wildman–Crippen MR) is 84.4 cm³/mol. The summed E-state index contributed by atoms with van der Waals surface area (Å²) in [4.78, 5) is 15.0. The first kappa shape index (κ1) is 13.7. The van der Waals surface area contributed by atoms with Gasteiger partial charge in [0.25, 0.3) is 5.91 Å². The van der Waals surface area contributed by atoms with E-state index in [1.165, 1.54) is 11.3 Å². The minimum atomic E-state index is 0.00622. The Balaban J connectivity index is 1.93. The average Bonchev–Trinajstić information content (AvgIpc) is 2.76. The number of hydrogen-bond donors (Lipinski definition) is 2. The van der Waals surface area contributed by atoms with Crippen molar-refractivity contribution in [1.29, 1.82) is 0 Å². The molecule has 1 aliphatic rings. The zero-order chi connectivity index (χ0) is 14.3. The molecule has 0 unspecified atom stereocenters. The van der Waals surface area contributed by atoms with E-state index in [1.54, 1.807) is 0 Å². The zero-order valence-electron chi connectivity index (χ0n) is 10.9. The quantitative estimate of drug-likeness (QED) is 0.850. The highest BCUT2D eigenvalue weighted by Gasteiger charge is 2.25. The van der Waals surface area contributed by atoms with Gasteiger partial charge in [-0.1, -0.05) is 11.6 Å². The number of nitrogens with two attached hydrogens (primary N) is 2. The maximum atomic E-state index is 12.6. The number of benzene rings is 1. The number of amides is 1. The van der Waals surface area contributed by atoms with Gasteiger partial charge in [0.2, 0.25) is 0 Å². The van der Waals surface area contributed by atoms with Crippen molar-refractivity contribution in [3.63, 3.8) is 0 Å². The number of thiophene rings is 1. The van der Waals surface area contributed by atoms with Crippen LogP contribution in [0.3, 0.4) is 0 Å². The largest absolute Gasteiger partial charge is 0.397 e. The molecule has 3 rings (SSSR count). The molecule has 2 aromatic rings. The van der Waals surface area contributed by atoms with Gasteiger partial charge in [-0.25, -0.2) is 0 Å². The van der Waals surface area contributed by atoms with E-state index in [-0.39, 0.29) is 11.9 Å². The van der Waals surface area contributed by atoms with Crippen molar-refractivity contribution >= 4 is 44.6 Å². The molecule has 0 aliphatic carbocycles. The summed E-state index contributed by atoms with van der Waals surface area (Å²) in [5.41, 5.74) is 12.5. The number of nitrogen functional groups attached to an aromatic ring is 1. The van der Waals surface area contributed by atoms with E-state index in [4.69, 9.17) is 23.1 Å². The number of hydrogen-bond acceptors (Lipinski definition) is 4. The molecule has 0 atom stereocenters. The van der Waals surface area contributed by atoms with Gasteiger partial charge in [-0.15, -0.1) is 11.3 Å². The maximum absolute atomic E-state index is 12.6. The normalized spacial score (nSPS) is 16.8. The molecule has 1 fully saturated rings. The third kappa shape index (κ3) is 2.37. The third-order valence-electron chi connectivity index (χ3n) is 3.71. The number of fused-ring (bicyclic) bond motifs is 1. The van der Waals surface area contributed by atoms with Crippen LogP contribution in [0, 0.1) is 0 Å². The first-order valence-corrected chi connectivity index (χ1v) is 7.78. The first-order valence-electron chi connectivity index (χ1n) is 6.58. The van der Waals surface area contributed by atoms with Crippen LogP contribution in [0.4, 0.5) is 5.69 Å². The second-order valence-electron chi connectivity index (χ2n) is 5.11. The Morgan fingerprint density at radius 3 is 2.75 bits per heavy atom. The van der Waals surface area contributed by atoms with E-state index in [2.05, 4.69) is 0 Å². The van der Waals surface area contributed by atoms with Crippen molar-refractivity contribution in [3.05, 3.63) is 28.1 Å². The first-order chi connectivity index (χ1) is 9.56. The number of carbonyl (C=O) groups excluding carboxylic acids is 1. The van der Waals surface area contributed by atoms with E-state index < -0.39 is 0 Å². The van der Waals surface area contributed by atoms with E-state index >= 15 is 0 Å². The topological polar surface area (TPSA) is 72.4 Å². The fourth-order valence-electron chi connectivity index (χ4n) is 2.49. The van der Waals surface area contributed by atoms with Crippen molar-refractivity contribution in [1.82, 2.24) is 4.90 Å². The zero-order valence-corrected chi connectivity index (χ0v) is 12.5. The van der Waals surface area contributed by atoms with Gasteiger partial charge in [-0.3, -0.25) is 4.79 Å². The number of rotatable bonds is 1. The highest BCUT2D eigenvalue weighted by molar-refractivity contribution is 7.21. The molecule has 6 heteroatoms. The average molecular weight is 310 g/mol. The van der Waals surface area contributed by atoms with Gasteiger partial charge in [0.05, 0.1) is 5.69 Å². The molecule has 0 spiro atoms. The standard InChI is InChI=1S/C14H16ClN3OS/c15-8-1-2-11-10(7-8)12(17)13(20-11)14(19)18-5-3-9(16)4-6-18/h1-2,7,9H,3-6,16-17H2. The van der Waals surface area contributed by atoms with E-state index in [0.717, 1.165) is 22.9 Å². The third-order valence-corrected chi connectivity index (χ3v) is 5.12. The highest BCUT2D eigenvalue weighted by Crippen LogP contribution is 2.36. The smallest absolute Gasteiger partial charge is 0.266 e. The van der Waals surface area contributed by atoms with Gasteiger partial charge in [-0.05, 0) is 31.0 Å². The van der Waals surface area contributed by atoms with Crippen LogP contribution >= 0.6 is 22.9 Å². The second-order valence-corrected chi connectivity index (χ2v) is 6.60. The van der Waals surface area contributed by atoms with Crippen LogP contribution < -0.4 is 11.5 Å². The van der Waals surface area contributed by atoms with E-state index in [1.807, 2.05) is 23.1 Å². The van der Waals surface area contributed by atoms with Gasteiger partial charge >= 0.3 is 0 Å². The highest BCUT2D eigenvalue weighted by atomic mass is 35.5. The monoisotopic (exact) mass is 309 g/mol. The molecule has 20 heavy (non-hydrogen) atoms. The lowest BCUT2D eigenvalue weighted by Crippen LogP contribution is -2.42. The molecule has 0 radical (unpaired) electrons. The summed E-state index contributed by atoms with van der Waals surface area (Å²) in [5.74, 6) is 0.00622. The van der Waals surface area contributed by atoms with Crippen LogP contribution in [0.2, 0.25) is 5.02 Å². The Labute approximate surface area is 126 Å². The molecule has 0 bridgehead atoms. The minimum absolute atomic E-state index is 0.00622. The Bertz CT molecular complexity index is 662. The lowest BCUT2D eigenvalue weighted by molar-refractivity contribution is 0.0720. The number of piperidine rings is 1. The SMILES string of the molecule is Nc1c(C(=O)N2CCC(N)CC2)sc2ccc(Cl)cc12. The molecule has 4 N–H and O–H groups in total. The van der Waals surface area contributed by atoms with Crippen molar-refractivity contribution in [2.24, 2.45) is 5.73 Å². The summed E-state index contributed by atoms with van der Waals surface area (Å²) in [7, 11) is 0. The summed E-state index contributed by atoms with van der Waals surface area (Å²) < 4.78 is 0.990. The Morgan fingerprint density at radius 2 is 2.05 bits per heavy atom. The van der Waals surface area contributed by atoms with Crippen LogP contribution in [0.25, 0.3) is 10.1 Å². The molecule has 1 aromatic carbocycles. The lowest BCUT2D eigenvalue weighted by atomic mass is 10.1. The van der Waals surface area contributed by atoms with Crippen LogP contribution in [0.15, 0.2) is 18.2 Å². The second kappa shape index (κ2) is 5.24. The number of halogens is 1. The molecule has 1 aromatic heterocycles. The van der Waals surface area contributed by atoms with Gasteiger partial charge in [-0.2, -0.15) is 0 Å². The van der Waals surface area contributed by atoms with Gasteiger partial charge in [0.1, 0.15) is 4.88 Å². The number of anilines is 1. The lowest BCUT2D eigenvalue weighted by Gasteiger charge is -2.29. The van der Waals surface area contributed by atoms with Gasteiger partial charge in [0.15, 0.2) is 0 Å². The maximum Gasteiger partial charge on any atom is 0.266 e. The summed E-state index contributed by atoms with van der Waals surface area (Å²) in [6, 6.07) is 5.74. The summed E-state index contributed by atoms with van der Waals surface area (Å²) >= 11 is 7.41. The predicted octanol–water partition coefficient (Wildman–Crippen LogP) is 2.70. The molecular weight excluding hydrogens is 294 g/mol. The van der Waals surface area contributed by atoms with Gasteiger partial charge < -0.3 is 16.4 Å². The summed E-state index contributed by atoms with van der Waals surface area (Å²) in [6.45, 7) is 1.41. The summed E-state index contributed by atoms with van der Waals surface area (Å²) in [6.07, 6.45) is 1.70. The van der Waals surface area contributed by atoms with Crippen molar-refractivity contribution in [3.8, 4) is 0 Å². The Morgan fingerprint density at radius 1 is 1.35 bits per heavy atom. The minimum Gasteiger partial charge on any atom is -0.397 e. The number of carbonyl (C=O) groups is 1. The van der Waals surface area contributed by atoms with E-state index in [9.17, 15) is 4.79 Å². The Kier molecular flexibility index (Phi) is 3.58. The molecule has 1 amide bonds.